The van der Waals surface area contributed by atoms with E-state index >= 15 is 0 Å². The molecule has 12 heteroatoms. The Kier molecular flexibility index (Phi) is 7.33. The Balaban J connectivity index is 1.41. The summed E-state index contributed by atoms with van der Waals surface area (Å²) in [6, 6.07) is 8.91. The topological polar surface area (TPSA) is 130 Å². The Labute approximate surface area is 247 Å². The number of carbonyl (C=O) groups is 1. The van der Waals surface area contributed by atoms with E-state index < -0.39 is 10.0 Å². The van der Waals surface area contributed by atoms with E-state index in [-0.39, 0.29) is 28.7 Å². The van der Waals surface area contributed by atoms with Gasteiger partial charge in [-0.25, -0.2) is 13.4 Å². The second-order valence-corrected chi connectivity index (χ2v) is 14.3. The van der Waals surface area contributed by atoms with E-state index in [0.29, 0.717) is 23.5 Å². The van der Waals surface area contributed by atoms with Crippen molar-refractivity contribution in [3.8, 4) is 5.75 Å². The largest absolute Gasteiger partial charge is 0.492 e. The SMILES string of the molecule is COc1c(NC(=O)c2ccc(C)c(N3CC(c4cnn(C(C)(C)C)c4C)N=N3)c2)cc(C2(C)CC2)cc1NS(C)(=O)=O. The fourth-order valence-corrected chi connectivity index (χ4v) is 5.91. The van der Waals surface area contributed by atoms with Gasteiger partial charge in [-0.1, -0.05) is 18.2 Å². The van der Waals surface area contributed by atoms with Gasteiger partial charge >= 0.3 is 0 Å². The number of methoxy groups -OCH3 is 1. The molecule has 0 spiro atoms. The van der Waals surface area contributed by atoms with E-state index in [1.807, 2.05) is 41.9 Å². The van der Waals surface area contributed by atoms with Gasteiger partial charge < -0.3 is 10.1 Å². The van der Waals surface area contributed by atoms with Crippen molar-refractivity contribution < 1.29 is 17.9 Å². The number of aromatic nitrogens is 2. The lowest BCUT2D eigenvalue weighted by molar-refractivity contribution is 0.102. The van der Waals surface area contributed by atoms with Gasteiger partial charge in [0.1, 0.15) is 6.04 Å². The van der Waals surface area contributed by atoms with E-state index in [1.54, 1.807) is 18.2 Å². The molecule has 1 atom stereocenters. The summed E-state index contributed by atoms with van der Waals surface area (Å²) >= 11 is 0. The number of rotatable bonds is 8. The van der Waals surface area contributed by atoms with Crippen LogP contribution in [-0.2, 0) is 21.0 Å². The normalized spacial score (nSPS) is 17.8. The van der Waals surface area contributed by atoms with Crippen LogP contribution in [0.2, 0.25) is 0 Å². The van der Waals surface area contributed by atoms with Gasteiger partial charge in [-0.05, 0) is 88.3 Å². The van der Waals surface area contributed by atoms with Gasteiger partial charge in [-0.2, -0.15) is 10.2 Å². The molecular formula is C30H39N7O4S. The standard InChI is InChI=1S/C30H39N7O4S/c1-18-9-10-20(13-26(18)36-17-25(33-35-36)22-16-31-37(19(22)2)29(3,4)5)28(38)32-23-14-21(30(6)11-12-30)15-24(27(23)41-7)34-42(8,39)40/h9-10,13-16,25,34H,11-12,17H2,1-8H3,(H,32,38). The third-order valence-electron chi connectivity index (χ3n) is 7.97. The lowest BCUT2D eigenvalue weighted by atomic mass is 9.96. The zero-order chi connectivity index (χ0) is 30.6. The number of anilines is 3. The van der Waals surface area contributed by atoms with Gasteiger partial charge in [-0.3, -0.25) is 14.2 Å². The molecule has 2 aromatic carbocycles. The van der Waals surface area contributed by atoms with E-state index in [0.717, 1.165) is 47.2 Å². The molecule has 2 aliphatic rings. The quantitative estimate of drug-likeness (QED) is 0.336. The molecule has 0 bridgehead atoms. The average Bonchev–Trinajstić information content (AvgIpc) is 3.27. The molecule has 1 aliphatic heterocycles. The van der Waals surface area contributed by atoms with Crippen LogP contribution in [0, 0.1) is 13.8 Å². The van der Waals surface area contributed by atoms with Gasteiger partial charge in [-0.15, -0.1) is 0 Å². The van der Waals surface area contributed by atoms with E-state index in [2.05, 4.69) is 53.2 Å². The number of hydrogen-bond acceptors (Lipinski definition) is 8. The lowest BCUT2D eigenvalue weighted by Gasteiger charge is -2.22. The Hall–Kier alpha value is -3.93. The summed E-state index contributed by atoms with van der Waals surface area (Å²) in [5, 5.41) is 18.3. The van der Waals surface area contributed by atoms with Gasteiger partial charge in [0.05, 0.1) is 48.7 Å². The molecule has 1 aromatic heterocycles. The van der Waals surface area contributed by atoms with Crippen LogP contribution >= 0.6 is 0 Å². The van der Waals surface area contributed by atoms with Crippen LogP contribution in [0.4, 0.5) is 17.1 Å². The Bertz CT molecular complexity index is 1680. The van der Waals surface area contributed by atoms with Crippen LogP contribution in [0.3, 0.4) is 0 Å². The summed E-state index contributed by atoms with van der Waals surface area (Å²) in [7, 11) is -2.13. The van der Waals surface area contributed by atoms with E-state index in [9.17, 15) is 13.2 Å². The van der Waals surface area contributed by atoms with Crippen molar-refractivity contribution in [1.82, 2.24) is 9.78 Å². The Morgan fingerprint density at radius 2 is 1.81 bits per heavy atom. The number of nitrogens with zero attached hydrogens (tertiary/aromatic N) is 5. The van der Waals surface area contributed by atoms with Crippen LogP contribution in [-0.4, -0.2) is 44.0 Å². The first kappa shape index (κ1) is 29.6. The highest BCUT2D eigenvalue weighted by atomic mass is 32.2. The fourth-order valence-electron chi connectivity index (χ4n) is 5.36. The number of amides is 1. The summed E-state index contributed by atoms with van der Waals surface area (Å²) in [4.78, 5) is 13.6. The van der Waals surface area contributed by atoms with Gasteiger partial charge in [0, 0.05) is 16.8 Å². The van der Waals surface area contributed by atoms with Crippen molar-refractivity contribution in [3.05, 3.63) is 64.5 Å². The molecule has 5 rings (SSSR count). The molecule has 1 saturated carbocycles. The van der Waals surface area contributed by atoms with Crippen molar-refractivity contribution in [1.29, 1.82) is 0 Å². The number of hydrogen-bond donors (Lipinski definition) is 2. The molecule has 1 aliphatic carbocycles. The Morgan fingerprint density at radius 3 is 2.40 bits per heavy atom. The molecule has 0 saturated heterocycles. The maximum Gasteiger partial charge on any atom is 0.255 e. The van der Waals surface area contributed by atoms with Crippen LogP contribution < -0.4 is 19.8 Å². The highest BCUT2D eigenvalue weighted by Gasteiger charge is 2.40. The van der Waals surface area contributed by atoms with Gasteiger partial charge in [0.2, 0.25) is 10.0 Å². The number of aryl methyl sites for hydroxylation is 1. The first-order valence-corrected chi connectivity index (χ1v) is 15.8. The minimum atomic E-state index is -3.58. The number of carbonyl (C=O) groups excluding carboxylic acids is 1. The first-order valence-electron chi connectivity index (χ1n) is 14.0. The van der Waals surface area contributed by atoms with Crippen molar-refractivity contribution in [3.63, 3.8) is 0 Å². The highest BCUT2D eigenvalue weighted by molar-refractivity contribution is 7.92. The molecule has 224 valence electrons. The van der Waals surface area contributed by atoms with Gasteiger partial charge in [0.15, 0.2) is 5.75 Å². The fraction of sp³-hybridized carbons (Fsp3) is 0.467. The number of ether oxygens (including phenoxy) is 1. The monoisotopic (exact) mass is 593 g/mol. The maximum atomic E-state index is 13.6. The summed E-state index contributed by atoms with van der Waals surface area (Å²) in [5.74, 6) is -0.107. The third-order valence-corrected chi connectivity index (χ3v) is 8.56. The van der Waals surface area contributed by atoms with Crippen LogP contribution in [0.1, 0.15) is 79.3 Å². The van der Waals surface area contributed by atoms with Crippen molar-refractivity contribution in [2.75, 3.05) is 35.0 Å². The molecule has 1 unspecified atom stereocenters. The van der Waals surface area contributed by atoms with Crippen LogP contribution in [0.5, 0.6) is 5.75 Å². The molecular weight excluding hydrogens is 554 g/mol. The van der Waals surface area contributed by atoms with Gasteiger partial charge in [0.25, 0.3) is 5.91 Å². The van der Waals surface area contributed by atoms with E-state index in [1.165, 1.54) is 7.11 Å². The third kappa shape index (κ3) is 5.85. The molecule has 1 amide bonds. The van der Waals surface area contributed by atoms with Crippen molar-refractivity contribution in [2.45, 2.75) is 71.4 Å². The second kappa shape index (κ2) is 10.4. The van der Waals surface area contributed by atoms with E-state index in [4.69, 9.17) is 4.74 Å². The number of nitrogens with one attached hydrogen (secondary N) is 2. The summed E-state index contributed by atoms with van der Waals surface area (Å²) < 4.78 is 34.3. The molecule has 2 N–H and O–H groups in total. The zero-order valence-corrected chi connectivity index (χ0v) is 26.3. The second-order valence-electron chi connectivity index (χ2n) is 12.6. The zero-order valence-electron chi connectivity index (χ0n) is 25.4. The predicted molar refractivity (Wildman–Crippen MR) is 164 cm³/mol. The molecule has 0 radical (unpaired) electrons. The molecule has 2 heterocycles. The summed E-state index contributed by atoms with van der Waals surface area (Å²) in [6.07, 6.45) is 4.91. The smallest absolute Gasteiger partial charge is 0.255 e. The molecule has 1 fully saturated rings. The molecule has 3 aromatic rings. The van der Waals surface area contributed by atoms with Crippen molar-refractivity contribution >= 4 is 33.0 Å². The highest BCUT2D eigenvalue weighted by Crippen LogP contribution is 2.51. The predicted octanol–water partition coefficient (Wildman–Crippen LogP) is 5.87. The van der Waals surface area contributed by atoms with Crippen molar-refractivity contribution in [2.24, 2.45) is 10.3 Å². The number of sulfonamides is 1. The minimum absolute atomic E-state index is 0.0737. The maximum absolute atomic E-state index is 13.6. The average molecular weight is 594 g/mol. The molecule has 42 heavy (non-hydrogen) atoms. The summed E-state index contributed by atoms with van der Waals surface area (Å²) in [6.45, 7) is 13.0. The summed E-state index contributed by atoms with van der Waals surface area (Å²) in [5.41, 5.74) is 5.64. The Morgan fingerprint density at radius 1 is 1.12 bits per heavy atom. The molecule has 11 nitrogen and oxygen atoms in total. The van der Waals surface area contributed by atoms with Crippen LogP contribution in [0.15, 0.2) is 46.9 Å². The lowest BCUT2D eigenvalue weighted by Crippen LogP contribution is -2.24. The number of benzene rings is 2. The first-order chi connectivity index (χ1) is 19.6. The van der Waals surface area contributed by atoms with Crippen LogP contribution in [0.25, 0.3) is 0 Å². The minimum Gasteiger partial charge on any atom is -0.492 e.